The maximum absolute atomic E-state index is 11.8. The highest BCUT2D eigenvalue weighted by Crippen LogP contribution is 2.27. The van der Waals surface area contributed by atoms with Crippen molar-refractivity contribution in [2.24, 2.45) is 5.10 Å². The van der Waals surface area contributed by atoms with E-state index in [0.717, 1.165) is 15.7 Å². The van der Waals surface area contributed by atoms with Gasteiger partial charge >= 0.3 is 0 Å². The van der Waals surface area contributed by atoms with Gasteiger partial charge in [-0.2, -0.15) is 5.10 Å². The van der Waals surface area contributed by atoms with Crippen LogP contribution in [0.5, 0.6) is 11.5 Å². The number of methoxy groups -OCH3 is 1. The van der Waals surface area contributed by atoms with Gasteiger partial charge in [0.1, 0.15) is 0 Å². The molecular weight excluding hydrogens is 386 g/mol. The van der Waals surface area contributed by atoms with E-state index in [4.69, 9.17) is 9.47 Å². The van der Waals surface area contributed by atoms with Crippen LogP contribution in [-0.4, -0.2) is 32.4 Å². The normalized spacial score (nSPS) is 10.5. The molecule has 2 N–H and O–H groups in total. The molecule has 25 heavy (non-hydrogen) atoms. The van der Waals surface area contributed by atoms with Gasteiger partial charge < -0.3 is 14.8 Å². The van der Waals surface area contributed by atoms with Crippen LogP contribution in [-0.2, 0) is 4.79 Å². The first kappa shape index (κ1) is 18.8. The summed E-state index contributed by atoms with van der Waals surface area (Å²) in [4.78, 5) is 11.8. The quantitative estimate of drug-likeness (QED) is 0.521. The Morgan fingerprint density at radius 2 is 2.08 bits per heavy atom. The first-order valence-electron chi connectivity index (χ1n) is 7.74. The average Bonchev–Trinajstić information content (AvgIpc) is 2.61. The molecular formula is C18H20BrN3O3. The average molecular weight is 406 g/mol. The summed E-state index contributed by atoms with van der Waals surface area (Å²) in [6.07, 6.45) is 1.55. The number of carbonyl (C=O) groups is 1. The molecule has 0 aliphatic carbocycles. The second-order valence-corrected chi connectivity index (χ2v) is 5.92. The number of hydrogen-bond acceptors (Lipinski definition) is 5. The first-order chi connectivity index (χ1) is 12.1. The zero-order chi connectivity index (χ0) is 18.1. The third-order valence-corrected chi connectivity index (χ3v) is 3.66. The van der Waals surface area contributed by atoms with Crippen LogP contribution in [0.25, 0.3) is 0 Å². The van der Waals surface area contributed by atoms with Gasteiger partial charge in [-0.25, -0.2) is 5.43 Å². The molecule has 1 amide bonds. The van der Waals surface area contributed by atoms with Crippen molar-refractivity contribution in [3.05, 3.63) is 52.5 Å². The molecule has 0 spiro atoms. The molecule has 0 saturated carbocycles. The van der Waals surface area contributed by atoms with Crippen LogP contribution < -0.4 is 20.2 Å². The number of benzene rings is 2. The SMILES string of the molecule is CCOc1ccc(/C=N\NC(=O)CNc2cccc(Br)c2)cc1OC. The second kappa shape index (κ2) is 9.68. The van der Waals surface area contributed by atoms with Crippen LogP contribution in [0, 0.1) is 0 Å². The van der Waals surface area contributed by atoms with Crippen LogP contribution in [0.3, 0.4) is 0 Å². The number of carbonyl (C=O) groups excluding carboxylic acids is 1. The van der Waals surface area contributed by atoms with Crippen molar-refractivity contribution in [1.82, 2.24) is 5.43 Å². The molecule has 0 saturated heterocycles. The molecule has 0 atom stereocenters. The Balaban J connectivity index is 1.86. The largest absolute Gasteiger partial charge is 0.493 e. The number of ether oxygens (including phenoxy) is 2. The van der Waals surface area contributed by atoms with Crippen LogP contribution in [0.15, 0.2) is 52.0 Å². The zero-order valence-electron chi connectivity index (χ0n) is 14.1. The Bertz CT molecular complexity index is 750. The summed E-state index contributed by atoms with van der Waals surface area (Å²) >= 11 is 3.38. The van der Waals surface area contributed by atoms with Crippen molar-refractivity contribution < 1.29 is 14.3 Å². The Morgan fingerprint density at radius 1 is 1.24 bits per heavy atom. The fourth-order valence-electron chi connectivity index (χ4n) is 2.04. The van der Waals surface area contributed by atoms with Gasteiger partial charge in [0, 0.05) is 10.2 Å². The molecule has 6 nitrogen and oxygen atoms in total. The fourth-order valence-corrected chi connectivity index (χ4v) is 2.44. The summed E-state index contributed by atoms with van der Waals surface area (Å²) in [6.45, 7) is 2.59. The van der Waals surface area contributed by atoms with Crippen molar-refractivity contribution in [1.29, 1.82) is 0 Å². The van der Waals surface area contributed by atoms with E-state index in [1.54, 1.807) is 25.5 Å². The first-order valence-corrected chi connectivity index (χ1v) is 8.54. The Labute approximate surface area is 155 Å². The van der Waals surface area contributed by atoms with Gasteiger partial charge in [0.05, 0.1) is 26.5 Å². The van der Waals surface area contributed by atoms with Gasteiger partial charge in [-0.1, -0.05) is 22.0 Å². The maximum atomic E-state index is 11.8. The minimum atomic E-state index is -0.242. The predicted octanol–water partition coefficient (Wildman–Crippen LogP) is 3.42. The zero-order valence-corrected chi connectivity index (χ0v) is 15.7. The molecule has 0 fully saturated rings. The Kier molecular flexibility index (Phi) is 7.28. The molecule has 0 unspecified atom stereocenters. The molecule has 0 heterocycles. The van der Waals surface area contributed by atoms with Gasteiger partial charge in [-0.15, -0.1) is 0 Å². The molecule has 0 aliphatic rings. The lowest BCUT2D eigenvalue weighted by molar-refractivity contribution is -0.119. The highest BCUT2D eigenvalue weighted by atomic mass is 79.9. The van der Waals surface area contributed by atoms with E-state index < -0.39 is 0 Å². The number of hydrazone groups is 1. The molecule has 132 valence electrons. The number of amides is 1. The highest BCUT2D eigenvalue weighted by Gasteiger charge is 2.04. The number of nitrogens with zero attached hydrogens (tertiary/aromatic N) is 1. The minimum Gasteiger partial charge on any atom is -0.493 e. The molecule has 2 rings (SSSR count). The molecule has 2 aromatic rings. The maximum Gasteiger partial charge on any atom is 0.259 e. The Hall–Kier alpha value is -2.54. The summed E-state index contributed by atoms with van der Waals surface area (Å²) in [6, 6.07) is 13.0. The monoisotopic (exact) mass is 405 g/mol. The molecule has 0 bridgehead atoms. The number of hydrogen-bond donors (Lipinski definition) is 2. The van der Waals surface area contributed by atoms with Gasteiger partial charge in [0.2, 0.25) is 0 Å². The van der Waals surface area contributed by atoms with E-state index >= 15 is 0 Å². The number of rotatable bonds is 8. The van der Waals surface area contributed by atoms with Crippen molar-refractivity contribution in [3.63, 3.8) is 0 Å². The van der Waals surface area contributed by atoms with Crippen LogP contribution in [0.4, 0.5) is 5.69 Å². The van der Waals surface area contributed by atoms with E-state index in [-0.39, 0.29) is 12.5 Å². The molecule has 7 heteroatoms. The van der Waals surface area contributed by atoms with Crippen LogP contribution in [0.1, 0.15) is 12.5 Å². The van der Waals surface area contributed by atoms with Gasteiger partial charge in [-0.3, -0.25) is 4.79 Å². The molecule has 0 aromatic heterocycles. The van der Waals surface area contributed by atoms with E-state index in [1.807, 2.05) is 37.3 Å². The Morgan fingerprint density at radius 3 is 2.80 bits per heavy atom. The second-order valence-electron chi connectivity index (χ2n) is 5.00. The summed E-state index contributed by atoms with van der Waals surface area (Å²) in [5.41, 5.74) is 4.12. The van der Waals surface area contributed by atoms with Crippen molar-refractivity contribution in [2.75, 3.05) is 25.6 Å². The van der Waals surface area contributed by atoms with E-state index in [9.17, 15) is 4.79 Å². The number of anilines is 1. The molecule has 0 radical (unpaired) electrons. The summed E-state index contributed by atoms with van der Waals surface area (Å²) in [5.74, 6) is 1.05. The lowest BCUT2D eigenvalue weighted by Gasteiger charge is -2.09. The van der Waals surface area contributed by atoms with Crippen LogP contribution >= 0.6 is 15.9 Å². The summed E-state index contributed by atoms with van der Waals surface area (Å²) in [7, 11) is 1.58. The van der Waals surface area contributed by atoms with E-state index in [2.05, 4.69) is 31.8 Å². The van der Waals surface area contributed by atoms with Gasteiger partial charge in [0.15, 0.2) is 11.5 Å². The predicted molar refractivity (Wildman–Crippen MR) is 103 cm³/mol. The molecule has 0 aliphatic heterocycles. The topological polar surface area (TPSA) is 72.0 Å². The summed E-state index contributed by atoms with van der Waals surface area (Å²) in [5, 5.41) is 6.97. The van der Waals surface area contributed by atoms with E-state index in [1.165, 1.54) is 0 Å². The lowest BCUT2D eigenvalue weighted by Crippen LogP contribution is -2.25. The third-order valence-electron chi connectivity index (χ3n) is 3.17. The number of nitrogens with one attached hydrogen (secondary N) is 2. The number of halogens is 1. The van der Waals surface area contributed by atoms with Gasteiger partial charge in [-0.05, 0) is 48.9 Å². The highest BCUT2D eigenvalue weighted by molar-refractivity contribution is 9.10. The summed E-state index contributed by atoms with van der Waals surface area (Å²) < 4.78 is 11.7. The van der Waals surface area contributed by atoms with Crippen molar-refractivity contribution in [2.45, 2.75) is 6.92 Å². The van der Waals surface area contributed by atoms with Gasteiger partial charge in [0.25, 0.3) is 5.91 Å². The van der Waals surface area contributed by atoms with Crippen LogP contribution in [0.2, 0.25) is 0 Å². The standard InChI is InChI=1S/C18H20BrN3O3/c1-3-25-16-8-7-13(9-17(16)24-2)11-21-22-18(23)12-20-15-6-4-5-14(19)10-15/h4-11,20H,3,12H2,1-2H3,(H,22,23)/b21-11-. The van der Waals surface area contributed by atoms with E-state index in [0.29, 0.717) is 18.1 Å². The van der Waals surface area contributed by atoms with Crippen molar-refractivity contribution in [3.8, 4) is 11.5 Å². The fraction of sp³-hybridized carbons (Fsp3) is 0.222. The van der Waals surface area contributed by atoms with Crippen molar-refractivity contribution >= 4 is 33.7 Å². The lowest BCUT2D eigenvalue weighted by atomic mass is 10.2. The third kappa shape index (κ3) is 6.11. The molecule has 2 aromatic carbocycles. The minimum absolute atomic E-state index is 0.125. The smallest absolute Gasteiger partial charge is 0.259 e.